The maximum atomic E-state index is 12.1. The van der Waals surface area contributed by atoms with Gasteiger partial charge in [-0.1, -0.05) is 12.1 Å². The predicted octanol–water partition coefficient (Wildman–Crippen LogP) is 0.863. The van der Waals surface area contributed by atoms with Crippen LogP contribution in [0.15, 0.2) is 24.3 Å². The monoisotopic (exact) mass is 291 g/mol. The first kappa shape index (κ1) is 15.8. The molecule has 0 heterocycles. The number of hydrogen-bond donors (Lipinski definition) is 3. The molecular weight excluding hydrogens is 266 g/mol. The van der Waals surface area contributed by atoms with Crippen LogP contribution >= 0.6 is 0 Å². The molecule has 5 nitrogen and oxygen atoms in total. The van der Waals surface area contributed by atoms with Crippen LogP contribution in [-0.4, -0.2) is 48.1 Å². The van der Waals surface area contributed by atoms with Crippen LogP contribution in [0.5, 0.6) is 5.75 Å². The van der Waals surface area contributed by atoms with Gasteiger partial charge in [-0.3, -0.25) is 4.79 Å². The number of rotatable bonds is 6. The molecule has 0 aliphatic heterocycles. The molecule has 2 rings (SSSR count). The third kappa shape index (κ3) is 3.74. The third-order valence-electron chi connectivity index (χ3n) is 4.55. The second-order valence-electron chi connectivity index (χ2n) is 6.17. The summed E-state index contributed by atoms with van der Waals surface area (Å²) in [5.41, 5.74) is 7.01. The van der Waals surface area contributed by atoms with Crippen LogP contribution < -0.4 is 11.1 Å². The van der Waals surface area contributed by atoms with E-state index in [2.05, 4.69) is 24.3 Å². The van der Waals surface area contributed by atoms with Crippen molar-refractivity contribution in [2.24, 2.45) is 5.73 Å². The highest BCUT2D eigenvalue weighted by molar-refractivity contribution is 5.81. The van der Waals surface area contributed by atoms with Gasteiger partial charge < -0.3 is 21.1 Å². The summed E-state index contributed by atoms with van der Waals surface area (Å²) in [5.74, 6) is 0.103. The van der Waals surface area contributed by atoms with Crippen molar-refractivity contribution in [1.82, 2.24) is 10.2 Å². The summed E-state index contributed by atoms with van der Waals surface area (Å²) in [4.78, 5) is 14.3. The van der Waals surface area contributed by atoms with E-state index in [-0.39, 0.29) is 17.2 Å². The Morgan fingerprint density at radius 2 is 2.00 bits per heavy atom. The van der Waals surface area contributed by atoms with Crippen LogP contribution in [0.3, 0.4) is 0 Å². The molecule has 0 unspecified atom stereocenters. The van der Waals surface area contributed by atoms with E-state index in [0.717, 1.165) is 18.4 Å². The highest BCUT2D eigenvalue weighted by Crippen LogP contribution is 2.35. The first-order valence-electron chi connectivity index (χ1n) is 7.42. The molecule has 0 saturated heterocycles. The number of nitrogens with zero attached hydrogens (tertiary/aromatic N) is 1. The van der Waals surface area contributed by atoms with Crippen LogP contribution in [0, 0.1) is 0 Å². The van der Waals surface area contributed by atoms with E-state index in [0.29, 0.717) is 13.0 Å². The maximum absolute atomic E-state index is 12.1. The minimum atomic E-state index is -0.561. The second-order valence-corrected chi connectivity index (χ2v) is 6.17. The summed E-state index contributed by atoms with van der Waals surface area (Å²) in [6.45, 7) is 0.655. The fourth-order valence-corrected chi connectivity index (χ4v) is 2.73. The lowest BCUT2D eigenvalue weighted by atomic mass is 9.75. The van der Waals surface area contributed by atoms with E-state index in [9.17, 15) is 9.90 Å². The van der Waals surface area contributed by atoms with E-state index in [4.69, 9.17) is 5.73 Å². The summed E-state index contributed by atoms with van der Waals surface area (Å²) in [6.07, 6.45) is 3.93. The third-order valence-corrected chi connectivity index (χ3v) is 4.55. The number of benzene rings is 1. The lowest BCUT2D eigenvalue weighted by Crippen LogP contribution is -2.58. The van der Waals surface area contributed by atoms with Crippen molar-refractivity contribution >= 4 is 5.91 Å². The molecular formula is C16H25N3O2. The summed E-state index contributed by atoms with van der Waals surface area (Å²) >= 11 is 0. The summed E-state index contributed by atoms with van der Waals surface area (Å²) in [5, 5.41) is 12.2. The van der Waals surface area contributed by atoms with Gasteiger partial charge in [0.15, 0.2) is 0 Å². The van der Waals surface area contributed by atoms with E-state index in [1.165, 1.54) is 6.42 Å². The van der Waals surface area contributed by atoms with Crippen LogP contribution in [0.4, 0.5) is 0 Å². The van der Waals surface area contributed by atoms with E-state index in [1.807, 2.05) is 0 Å². The Bertz CT molecular complexity index is 481. The quantitative estimate of drug-likeness (QED) is 0.726. The number of likely N-dealkylation sites (N-methyl/N-ethyl adjacent to an activating group) is 1. The highest BCUT2D eigenvalue weighted by Gasteiger charge is 2.39. The first-order chi connectivity index (χ1) is 9.93. The standard InChI is InChI=1S/C16H25N3O2/c1-19(2)16(8-3-9-16)11-18-15(21)14(17)10-12-4-6-13(20)7-5-12/h4-7,14,20H,3,8-11,17H2,1-2H3,(H,18,21)/t14-/m1/s1. The molecule has 1 aliphatic rings. The molecule has 0 aromatic heterocycles. The molecule has 1 atom stereocenters. The van der Waals surface area contributed by atoms with Crippen molar-refractivity contribution < 1.29 is 9.90 Å². The zero-order valence-electron chi connectivity index (χ0n) is 12.8. The van der Waals surface area contributed by atoms with Gasteiger partial charge in [0.05, 0.1) is 6.04 Å². The summed E-state index contributed by atoms with van der Waals surface area (Å²) in [6, 6.07) is 6.23. The highest BCUT2D eigenvalue weighted by atomic mass is 16.3. The van der Waals surface area contributed by atoms with Gasteiger partial charge in [-0.15, -0.1) is 0 Å². The number of carbonyl (C=O) groups excluding carboxylic acids is 1. The number of hydrogen-bond acceptors (Lipinski definition) is 4. The average Bonchev–Trinajstić information content (AvgIpc) is 2.39. The Morgan fingerprint density at radius 3 is 2.48 bits per heavy atom. The van der Waals surface area contributed by atoms with Crippen molar-refractivity contribution in [3.05, 3.63) is 29.8 Å². The van der Waals surface area contributed by atoms with Crippen LogP contribution in [0.2, 0.25) is 0 Å². The first-order valence-corrected chi connectivity index (χ1v) is 7.42. The minimum absolute atomic E-state index is 0.105. The molecule has 1 aromatic rings. The molecule has 1 aromatic carbocycles. The summed E-state index contributed by atoms with van der Waals surface area (Å²) < 4.78 is 0. The topological polar surface area (TPSA) is 78.6 Å². The Balaban J connectivity index is 1.84. The predicted molar refractivity (Wildman–Crippen MR) is 83.1 cm³/mol. The Kier molecular flexibility index (Phi) is 4.85. The normalized spacial score (nSPS) is 18.1. The largest absolute Gasteiger partial charge is 0.508 e. The van der Waals surface area contributed by atoms with Gasteiger partial charge >= 0.3 is 0 Å². The van der Waals surface area contributed by atoms with Crippen molar-refractivity contribution in [3.8, 4) is 5.75 Å². The molecule has 1 amide bonds. The van der Waals surface area contributed by atoms with Crippen molar-refractivity contribution in [3.63, 3.8) is 0 Å². The number of nitrogens with one attached hydrogen (secondary N) is 1. The number of phenols is 1. The van der Waals surface area contributed by atoms with E-state index in [1.54, 1.807) is 24.3 Å². The smallest absolute Gasteiger partial charge is 0.237 e. The minimum Gasteiger partial charge on any atom is -0.508 e. The van der Waals surface area contributed by atoms with Gasteiger partial charge in [-0.2, -0.15) is 0 Å². The van der Waals surface area contributed by atoms with Gasteiger partial charge in [0.25, 0.3) is 0 Å². The van der Waals surface area contributed by atoms with Crippen molar-refractivity contribution in [2.75, 3.05) is 20.6 Å². The van der Waals surface area contributed by atoms with Gasteiger partial charge in [-0.05, 0) is 57.5 Å². The van der Waals surface area contributed by atoms with E-state index < -0.39 is 6.04 Å². The molecule has 1 saturated carbocycles. The molecule has 4 N–H and O–H groups in total. The molecule has 0 bridgehead atoms. The zero-order chi connectivity index (χ0) is 15.5. The SMILES string of the molecule is CN(C)C1(CNC(=O)[C@H](N)Cc2ccc(O)cc2)CCC1. The lowest BCUT2D eigenvalue weighted by Gasteiger charge is -2.47. The fourth-order valence-electron chi connectivity index (χ4n) is 2.73. The number of phenolic OH excluding ortho intramolecular Hbond substituents is 1. The number of carbonyl (C=O) groups is 1. The number of amides is 1. The van der Waals surface area contributed by atoms with Gasteiger partial charge in [0.1, 0.15) is 5.75 Å². The number of nitrogens with two attached hydrogens (primary N) is 1. The van der Waals surface area contributed by atoms with Gasteiger partial charge in [-0.25, -0.2) is 0 Å². The van der Waals surface area contributed by atoms with Crippen LogP contribution in [-0.2, 0) is 11.2 Å². The van der Waals surface area contributed by atoms with E-state index >= 15 is 0 Å². The fraction of sp³-hybridized carbons (Fsp3) is 0.562. The Morgan fingerprint density at radius 1 is 1.38 bits per heavy atom. The Labute approximate surface area is 126 Å². The molecule has 21 heavy (non-hydrogen) atoms. The van der Waals surface area contributed by atoms with Gasteiger partial charge in [0, 0.05) is 12.1 Å². The molecule has 0 spiro atoms. The zero-order valence-corrected chi connectivity index (χ0v) is 12.8. The average molecular weight is 291 g/mol. The maximum Gasteiger partial charge on any atom is 0.237 e. The Hall–Kier alpha value is -1.59. The molecule has 1 aliphatic carbocycles. The van der Waals surface area contributed by atoms with Gasteiger partial charge in [0.2, 0.25) is 5.91 Å². The molecule has 116 valence electrons. The second kappa shape index (κ2) is 6.45. The van der Waals surface area contributed by atoms with Crippen LogP contribution in [0.25, 0.3) is 0 Å². The van der Waals surface area contributed by atoms with Crippen molar-refractivity contribution in [2.45, 2.75) is 37.3 Å². The van der Waals surface area contributed by atoms with Crippen LogP contribution in [0.1, 0.15) is 24.8 Å². The lowest BCUT2D eigenvalue weighted by molar-refractivity contribution is -0.123. The molecule has 0 radical (unpaired) electrons. The molecule has 1 fully saturated rings. The summed E-state index contributed by atoms with van der Waals surface area (Å²) in [7, 11) is 4.11. The number of aromatic hydroxyl groups is 1. The molecule has 5 heteroatoms. The van der Waals surface area contributed by atoms with Crippen molar-refractivity contribution in [1.29, 1.82) is 0 Å².